The highest BCUT2D eigenvalue weighted by Gasteiger charge is 2.04. The van der Waals surface area contributed by atoms with E-state index in [2.05, 4.69) is 15.5 Å². The Balaban J connectivity index is 1.96. The highest BCUT2D eigenvalue weighted by molar-refractivity contribution is 5.77. The van der Waals surface area contributed by atoms with E-state index in [0.29, 0.717) is 11.6 Å². The molecule has 0 bridgehead atoms. The molecule has 8 nitrogen and oxygen atoms in total. The molecule has 104 valence electrons. The van der Waals surface area contributed by atoms with E-state index < -0.39 is 4.92 Å². The fourth-order valence-corrected chi connectivity index (χ4v) is 1.37. The molecule has 0 amide bonds. The third-order valence-corrected chi connectivity index (χ3v) is 2.38. The van der Waals surface area contributed by atoms with Crippen LogP contribution in [0.5, 0.6) is 0 Å². The Morgan fingerprint density at radius 2 is 2.20 bits per heavy atom. The molecule has 8 heteroatoms. The molecule has 2 aromatic heterocycles. The summed E-state index contributed by atoms with van der Waals surface area (Å²) in [5.74, 6) is 1.72. The third kappa shape index (κ3) is 3.31. The van der Waals surface area contributed by atoms with Crippen molar-refractivity contribution in [1.82, 2.24) is 4.98 Å². The molecule has 0 fully saturated rings. The third-order valence-electron chi connectivity index (χ3n) is 2.38. The van der Waals surface area contributed by atoms with E-state index in [9.17, 15) is 10.1 Å². The molecular formula is C12H13N5O3. The van der Waals surface area contributed by atoms with Crippen LogP contribution in [0.3, 0.4) is 0 Å². The zero-order chi connectivity index (χ0) is 14.5. The van der Waals surface area contributed by atoms with E-state index in [-0.39, 0.29) is 5.69 Å². The first kappa shape index (κ1) is 13.5. The molecule has 0 saturated heterocycles. The minimum absolute atomic E-state index is 0.0683. The summed E-state index contributed by atoms with van der Waals surface area (Å²) in [4.78, 5) is 15.7. The van der Waals surface area contributed by atoms with Crippen LogP contribution in [0.2, 0.25) is 0 Å². The Morgan fingerprint density at radius 1 is 1.40 bits per heavy atom. The van der Waals surface area contributed by atoms with Gasteiger partial charge >= 0.3 is 0 Å². The maximum Gasteiger partial charge on any atom is 0.287 e. The Labute approximate surface area is 114 Å². The molecule has 0 unspecified atom stereocenters. The minimum atomic E-state index is -0.508. The summed E-state index contributed by atoms with van der Waals surface area (Å²) in [5, 5.41) is 14.4. The second-order valence-corrected chi connectivity index (χ2v) is 4.10. The summed E-state index contributed by atoms with van der Waals surface area (Å²) >= 11 is 0. The molecule has 0 aromatic carbocycles. The number of pyridine rings is 1. The molecule has 0 aliphatic carbocycles. The van der Waals surface area contributed by atoms with Crippen molar-refractivity contribution < 1.29 is 9.34 Å². The standard InChI is InChI=1S/C12H13N5O3/c1-16(2)12-6-4-10(20-12)8-14-15-11-5-3-9(7-13-11)17(18)19/h3-8H,1-2H3,(H,13,15)/b14-8+. The van der Waals surface area contributed by atoms with Gasteiger partial charge in [0.1, 0.15) is 17.8 Å². The first-order chi connectivity index (χ1) is 9.56. The van der Waals surface area contributed by atoms with Gasteiger partial charge in [0.15, 0.2) is 5.88 Å². The first-order valence-corrected chi connectivity index (χ1v) is 5.73. The highest BCUT2D eigenvalue weighted by atomic mass is 16.6. The fraction of sp³-hybridized carbons (Fsp3) is 0.167. The van der Waals surface area contributed by atoms with Crippen LogP contribution in [0.15, 0.2) is 40.0 Å². The monoisotopic (exact) mass is 275 g/mol. The van der Waals surface area contributed by atoms with Crippen molar-refractivity contribution in [3.8, 4) is 0 Å². The maximum absolute atomic E-state index is 10.5. The van der Waals surface area contributed by atoms with Gasteiger partial charge in [0.2, 0.25) is 0 Å². The predicted octanol–water partition coefficient (Wildman–Crippen LogP) is 2.09. The summed E-state index contributed by atoms with van der Waals surface area (Å²) in [5.41, 5.74) is 2.59. The van der Waals surface area contributed by atoms with Gasteiger partial charge in [-0.1, -0.05) is 0 Å². The van der Waals surface area contributed by atoms with Gasteiger partial charge in [-0.2, -0.15) is 5.10 Å². The number of nitro groups is 1. The number of aromatic nitrogens is 1. The molecule has 0 spiro atoms. The van der Waals surface area contributed by atoms with Gasteiger partial charge in [-0.25, -0.2) is 4.98 Å². The molecule has 0 aliphatic rings. The van der Waals surface area contributed by atoms with Gasteiger partial charge in [0, 0.05) is 26.2 Å². The van der Waals surface area contributed by atoms with Crippen LogP contribution >= 0.6 is 0 Å². The van der Waals surface area contributed by atoms with Crippen molar-refractivity contribution in [3.05, 3.63) is 46.3 Å². The van der Waals surface area contributed by atoms with Crippen molar-refractivity contribution >= 4 is 23.6 Å². The van der Waals surface area contributed by atoms with E-state index in [1.54, 1.807) is 6.07 Å². The zero-order valence-corrected chi connectivity index (χ0v) is 11.0. The average molecular weight is 275 g/mol. The minimum Gasteiger partial charge on any atom is -0.440 e. The van der Waals surface area contributed by atoms with Crippen LogP contribution in [-0.2, 0) is 0 Å². The molecule has 20 heavy (non-hydrogen) atoms. The smallest absolute Gasteiger partial charge is 0.287 e. The number of rotatable bonds is 5. The lowest BCUT2D eigenvalue weighted by Crippen LogP contribution is -2.06. The predicted molar refractivity (Wildman–Crippen MR) is 75.1 cm³/mol. The van der Waals surface area contributed by atoms with Crippen molar-refractivity contribution in [2.45, 2.75) is 0 Å². The second kappa shape index (κ2) is 5.83. The van der Waals surface area contributed by atoms with Gasteiger partial charge < -0.3 is 9.32 Å². The van der Waals surface area contributed by atoms with Crippen molar-refractivity contribution in [2.75, 3.05) is 24.4 Å². The number of anilines is 2. The lowest BCUT2D eigenvalue weighted by molar-refractivity contribution is -0.385. The van der Waals surface area contributed by atoms with Crippen molar-refractivity contribution in [2.24, 2.45) is 5.10 Å². The highest BCUT2D eigenvalue weighted by Crippen LogP contribution is 2.14. The molecular weight excluding hydrogens is 262 g/mol. The molecule has 0 radical (unpaired) electrons. The summed E-state index contributed by atoms with van der Waals surface area (Å²) < 4.78 is 5.46. The lowest BCUT2D eigenvalue weighted by atomic mass is 10.4. The van der Waals surface area contributed by atoms with Crippen LogP contribution in [0, 0.1) is 10.1 Å². The second-order valence-electron chi connectivity index (χ2n) is 4.10. The largest absolute Gasteiger partial charge is 0.440 e. The van der Waals surface area contributed by atoms with Crippen LogP contribution in [0.1, 0.15) is 5.76 Å². The van der Waals surface area contributed by atoms with Gasteiger partial charge in [-0.3, -0.25) is 15.5 Å². The molecule has 1 N–H and O–H groups in total. The summed E-state index contributed by atoms with van der Waals surface area (Å²) in [6, 6.07) is 6.43. The molecule has 0 saturated carbocycles. The van der Waals surface area contributed by atoms with Gasteiger partial charge in [-0.15, -0.1) is 0 Å². The number of nitrogens with zero attached hydrogens (tertiary/aromatic N) is 4. The van der Waals surface area contributed by atoms with E-state index in [0.717, 1.165) is 12.1 Å². The number of furan rings is 1. The van der Waals surface area contributed by atoms with Gasteiger partial charge in [-0.05, 0) is 12.1 Å². The van der Waals surface area contributed by atoms with Crippen LogP contribution in [-0.4, -0.2) is 30.2 Å². The number of hydrogen-bond acceptors (Lipinski definition) is 7. The van der Waals surface area contributed by atoms with Crippen LogP contribution in [0.4, 0.5) is 17.4 Å². The molecule has 0 atom stereocenters. The van der Waals surface area contributed by atoms with E-state index in [1.165, 1.54) is 18.3 Å². The normalized spacial score (nSPS) is 10.7. The summed E-state index contributed by atoms with van der Waals surface area (Å²) in [6.45, 7) is 0. The SMILES string of the molecule is CN(C)c1ccc(/C=N/Nc2ccc([N+](=O)[O-])cn2)o1. The summed E-state index contributed by atoms with van der Waals surface area (Å²) in [6.07, 6.45) is 2.66. The Hall–Kier alpha value is -2.90. The van der Waals surface area contributed by atoms with Crippen LogP contribution in [0.25, 0.3) is 0 Å². The molecule has 2 heterocycles. The van der Waals surface area contributed by atoms with Gasteiger partial charge in [0.25, 0.3) is 5.69 Å². The molecule has 0 aliphatic heterocycles. The number of hydrazone groups is 1. The quantitative estimate of drug-likeness (QED) is 0.510. The topological polar surface area (TPSA) is 96.8 Å². The number of hydrogen-bond donors (Lipinski definition) is 1. The number of nitrogens with one attached hydrogen (secondary N) is 1. The maximum atomic E-state index is 10.5. The first-order valence-electron chi connectivity index (χ1n) is 5.73. The fourth-order valence-electron chi connectivity index (χ4n) is 1.37. The Morgan fingerprint density at radius 3 is 2.75 bits per heavy atom. The molecule has 2 rings (SSSR count). The average Bonchev–Trinajstić information content (AvgIpc) is 2.88. The van der Waals surface area contributed by atoms with E-state index >= 15 is 0 Å². The Bertz CT molecular complexity index is 618. The van der Waals surface area contributed by atoms with E-state index in [1.807, 2.05) is 25.1 Å². The van der Waals surface area contributed by atoms with Crippen LogP contribution < -0.4 is 10.3 Å². The van der Waals surface area contributed by atoms with Crippen molar-refractivity contribution in [1.29, 1.82) is 0 Å². The Kier molecular flexibility index (Phi) is 3.94. The molecule has 2 aromatic rings. The summed E-state index contributed by atoms with van der Waals surface area (Å²) in [7, 11) is 3.75. The van der Waals surface area contributed by atoms with Crippen molar-refractivity contribution in [3.63, 3.8) is 0 Å². The lowest BCUT2D eigenvalue weighted by Gasteiger charge is -2.05. The van der Waals surface area contributed by atoms with Gasteiger partial charge in [0.05, 0.1) is 11.1 Å². The van der Waals surface area contributed by atoms with E-state index in [4.69, 9.17) is 4.42 Å². The zero-order valence-electron chi connectivity index (χ0n) is 11.0.